The molecule has 0 amide bonds. The number of nitrogen functional groups attached to an aromatic ring is 1. The number of nitrogens with zero attached hydrogens (tertiary/aromatic N) is 2. The van der Waals surface area contributed by atoms with Gasteiger partial charge in [-0.2, -0.15) is 13.2 Å². The van der Waals surface area contributed by atoms with Gasteiger partial charge in [-0.3, -0.25) is 0 Å². The lowest BCUT2D eigenvalue weighted by Crippen LogP contribution is -2.07. The molecule has 0 saturated heterocycles. The number of halogens is 3. The molecule has 1 aromatic rings. The van der Waals surface area contributed by atoms with Crippen LogP contribution in [0.3, 0.4) is 0 Å². The molecule has 7 heteroatoms. The number of hydrogen-bond acceptors (Lipinski definition) is 4. The molecule has 3 nitrogen and oxygen atoms in total. The van der Waals surface area contributed by atoms with E-state index in [1.165, 1.54) is 11.8 Å². The van der Waals surface area contributed by atoms with Gasteiger partial charge < -0.3 is 5.73 Å². The van der Waals surface area contributed by atoms with E-state index in [0.717, 1.165) is 0 Å². The van der Waals surface area contributed by atoms with Crippen molar-refractivity contribution < 1.29 is 13.2 Å². The maximum Gasteiger partial charge on any atom is 0.389 e. The highest BCUT2D eigenvalue weighted by Gasteiger charge is 2.25. The summed E-state index contributed by atoms with van der Waals surface area (Å²) in [5.74, 6) is 0.674. The summed E-state index contributed by atoms with van der Waals surface area (Å²) < 4.78 is 35.5. The molecule has 16 heavy (non-hydrogen) atoms. The Labute approximate surface area is 95.7 Å². The maximum atomic E-state index is 11.8. The summed E-state index contributed by atoms with van der Waals surface area (Å²) in [6, 6.07) is 1.61. The fourth-order valence-electron chi connectivity index (χ4n) is 1.07. The number of hydrogen-bond donors (Lipinski definition) is 1. The van der Waals surface area contributed by atoms with Crippen LogP contribution in [0.15, 0.2) is 11.2 Å². The van der Waals surface area contributed by atoms with Gasteiger partial charge in [-0.05, 0) is 13.3 Å². The third kappa shape index (κ3) is 5.20. The molecule has 2 N–H and O–H groups in total. The number of thioether (sulfide) groups is 1. The molecule has 1 aromatic heterocycles. The Bertz CT molecular complexity index is 334. The SMILES string of the molecule is Cc1cc(N)nc(SCCCC(F)(F)F)n1. The first-order valence-corrected chi connectivity index (χ1v) is 5.66. The van der Waals surface area contributed by atoms with Crippen LogP contribution in [0.25, 0.3) is 0 Å². The Hall–Kier alpha value is -0.980. The standard InChI is InChI=1S/C9H12F3N3S/c1-6-5-7(13)15-8(14-6)16-4-2-3-9(10,11)12/h5H,2-4H2,1H3,(H2,13,14,15). The van der Waals surface area contributed by atoms with Crippen molar-refractivity contribution in [2.45, 2.75) is 31.1 Å². The fraction of sp³-hybridized carbons (Fsp3) is 0.556. The lowest BCUT2D eigenvalue weighted by Gasteiger charge is -2.05. The van der Waals surface area contributed by atoms with Crippen molar-refractivity contribution in [3.63, 3.8) is 0 Å². The monoisotopic (exact) mass is 251 g/mol. The number of alkyl halides is 3. The van der Waals surface area contributed by atoms with Crippen LogP contribution in [-0.4, -0.2) is 21.9 Å². The summed E-state index contributed by atoms with van der Waals surface area (Å²) in [4.78, 5) is 7.97. The van der Waals surface area contributed by atoms with Crippen LogP contribution in [0.2, 0.25) is 0 Å². The predicted octanol–water partition coefficient (Wildman–Crippen LogP) is 2.80. The second-order valence-corrected chi connectivity index (χ2v) is 4.35. The molecular weight excluding hydrogens is 239 g/mol. The van der Waals surface area contributed by atoms with Gasteiger partial charge in [0.05, 0.1) is 0 Å². The van der Waals surface area contributed by atoms with Gasteiger partial charge in [0.1, 0.15) is 5.82 Å². The zero-order valence-electron chi connectivity index (χ0n) is 8.71. The largest absolute Gasteiger partial charge is 0.389 e. The van der Waals surface area contributed by atoms with Crippen molar-refractivity contribution in [3.05, 3.63) is 11.8 Å². The molecule has 0 bridgehead atoms. The lowest BCUT2D eigenvalue weighted by atomic mass is 10.3. The highest BCUT2D eigenvalue weighted by molar-refractivity contribution is 7.99. The predicted molar refractivity (Wildman–Crippen MR) is 57.2 cm³/mol. The number of aryl methyl sites for hydroxylation is 1. The van der Waals surface area contributed by atoms with Crippen LogP contribution in [0.4, 0.5) is 19.0 Å². The van der Waals surface area contributed by atoms with Crippen molar-refractivity contribution >= 4 is 17.6 Å². The molecule has 0 atom stereocenters. The van der Waals surface area contributed by atoms with Crippen LogP contribution < -0.4 is 5.73 Å². The molecule has 0 saturated carbocycles. The Morgan fingerprint density at radius 3 is 2.62 bits per heavy atom. The highest BCUT2D eigenvalue weighted by Crippen LogP contribution is 2.24. The first-order chi connectivity index (χ1) is 7.37. The van der Waals surface area contributed by atoms with Crippen molar-refractivity contribution in [3.8, 4) is 0 Å². The highest BCUT2D eigenvalue weighted by atomic mass is 32.2. The van der Waals surface area contributed by atoms with E-state index < -0.39 is 12.6 Å². The molecule has 0 spiro atoms. The van der Waals surface area contributed by atoms with Gasteiger partial charge in [0, 0.05) is 23.9 Å². The second-order valence-electron chi connectivity index (χ2n) is 3.28. The normalized spacial score (nSPS) is 11.8. The van der Waals surface area contributed by atoms with Crippen LogP contribution in [0, 0.1) is 6.92 Å². The number of rotatable bonds is 4. The summed E-state index contributed by atoms with van der Waals surface area (Å²) in [7, 11) is 0. The molecule has 1 rings (SSSR count). The minimum atomic E-state index is -4.09. The minimum Gasteiger partial charge on any atom is -0.384 e. The average Bonchev–Trinajstić information content (AvgIpc) is 2.09. The quantitative estimate of drug-likeness (QED) is 0.508. The topological polar surface area (TPSA) is 51.8 Å². The van der Waals surface area contributed by atoms with Gasteiger partial charge >= 0.3 is 6.18 Å². The molecule has 0 fully saturated rings. The average molecular weight is 251 g/mol. The van der Waals surface area contributed by atoms with E-state index in [1.54, 1.807) is 13.0 Å². The Morgan fingerprint density at radius 2 is 2.06 bits per heavy atom. The first kappa shape index (κ1) is 13.1. The van der Waals surface area contributed by atoms with Crippen LogP contribution in [0.1, 0.15) is 18.5 Å². The minimum absolute atomic E-state index is 0.0609. The molecule has 0 radical (unpaired) electrons. The van der Waals surface area contributed by atoms with Gasteiger partial charge in [0.25, 0.3) is 0 Å². The van der Waals surface area contributed by atoms with Crippen molar-refractivity contribution in [2.24, 2.45) is 0 Å². The molecule has 0 aliphatic rings. The van der Waals surface area contributed by atoms with E-state index in [2.05, 4.69) is 9.97 Å². The number of aromatic nitrogens is 2. The first-order valence-electron chi connectivity index (χ1n) is 4.67. The van der Waals surface area contributed by atoms with E-state index in [-0.39, 0.29) is 6.42 Å². The van der Waals surface area contributed by atoms with Gasteiger partial charge in [-0.1, -0.05) is 11.8 Å². The Morgan fingerprint density at radius 1 is 1.38 bits per heavy atom. The van der Waals surface area contributed by atoms with E-state index in [0.29, 0.717) is 22.4 Å². The van der Waals surface area contributed by atoms with Crippen LogP contribution in [-0.2, 0) is 0 Å². The van der Waals surface area contributed by atoms with E-state index in [4.69, 9.17) is 5.73 Å². The van der Waals surface area contributed by atoms with Crippen molar-refractivity contribution in [1.29, 1.82) is 0 Å². The molecule has 90 valence electrons. The molecule has 1 heterocycles. The third-order valence-corrected chi connectivity index (χ3v) is 2.62. The van der Waals surface area contributed by atoms with Gasteiger partial charge in [0.15, 0.2) is 5.16 Å². The molecule has 0 aliphatic carbocycles. The second kappa shape index (κ2) is 5.38. The van der Waals surface area contributed by atoms with Gasteiger partial charge in [-0.15, -0.1) is 0 Å². The number of nitrogens with two attached hydrogens (primary N) is 1. The van der Waals surface area contributed by atoms with Crippen molar-refractivity contribution in [1.82, 2.24) is 9.97 Å². The maximum absolute atomic E-state index is 11.8. The summed E-state index contributed by atoms with van der Waals surface area (Å²) in [5.41, 5.74) is 6.20. The molecule has 0 aromatic carbocycles. The van der Waals surface area contributed by atoms with Crippen molar-refractivity contribution in [2.75, 3.05) is 11.5 Å². The van der Waals surface area contributed by atoms with Crippen LogP contribution in [0.5, 0.6) is 0 Å². The smallest absolute Gasteiger partial charge is 0.384 e. The van der Waals surface area contributed by atoms with Gasteiger partial charge in [-0.25, -0.2) is 9.97 Å². The van der Waals surface area contributed by atoms with Gasteiger partial charge in [0.2, 0.25) is 0 Å². The Kier molecular flexibility index (Phi) is 4.40. The van der Waals surface area contributed by atoms with E-state index in [9.17, 15) is 13.2 Å². The lowest BCUT2D eigenvalue weighted by molar-refractivity contribution is -0.134. The summed E-state index contributed by atoms with van der Waals surface area (Å²) in [6.45, 7) is 1.76. The molecular formula is C9H12F3N3S. The van der Waals surface area contributed by atoms with E-state index in [1.807, 2.05) is 0 Å². The van der Waals surface area contributed by atoms with Crippen LogP contribution >= 0.6 is 11.8 Å². The fourth-order valence-corrected chi connectivity index (χ4v) is 1.92. The number of anilines is 1. The molecule has 0 aliphatic heterocycles. The Balaban J connectivity index is 2.37. The van der Waals surface area contributed by atoms with E-state index >= 15 is 0 Å². The molecule has 0 unspecified atom stereocenters. The summed E-state index contributed by atoms with van der Waals surface area (Å²) in [6.07, 6.45) is -4.81. The summed E-state index contributed by atoms with van der Waals surface area (Å²) >= 11 is 1.19. The zero-order chi connectivity index (χ0) is 12.2. The third-order valence-electron chi connectivity index (χ3n) is 1.69. The summed E-state index contributed by atoms with van der Waals surface area (Å²) in [5, 5.41) is 0.430. The zero-order valence-corrected chi connectivity index (χ0v) is 9.53.